The van der Waals surface area contributed by atoms with Crippen molar-refractivity contribution in [1.29, 1.82) is 0 Å². The molecule has 1 aliphatic rings. The zero-order chi connectivity index (χ0) is 47.9. The summed E-state index contributed by atoms with van der Waals surface area (Å²) in [5.41, 5.74) is 31.5. The molecule has 0 fully saturated rings. The Hall–Kier alpha value is -3.63. The standard InChI is InChI=1S/C48H76N2.2C7H8O.Ni/c1-9-17-25-37-33-41(34-38(26-18-10-2)43(37)29-21-13-5)47-45(31-23-15-7)46(32-24-16-8)48(50(47)49)42-35-39(27-19-11-3)44(30-22-14-6)40(36-42)28-20-12-4;2*8-6-7-4-2-1-3-5-7;/h33-36H,9-32H2,1-8H3;2*1-5,8H,6H2;. The van der Waals surface area contributed by atoms with Crippen LogP contribution in [0.2, 0.25) is 0 Å². The molecule has 372 valence electrons. The van der Waals surface area contributed by atoms with E-state index >= 15 is 0 Å². The number of unbranched alkanes of at least 4 members (excludes halogenated alkanes) is 8. The van der Waals surface area contributed by atoms with E-state index in [1.807, 2.05) is 60.7 Å². The maximum atomic E-state index is 12.7. The average molecular weight is 956 g/mol. The van der Waals surface area contributed by atoms with Gasteiger partial charge in [0, 0.05) is 38.8 Å². The largest absolute Gasteiger partial charge is 0.493 e. The number of aliphatic hydroxyl groups excluding tert-OH is 2. The summed E-state index contributed by atoms with van der Waals surface area (Å²) in [4.78, 5) is 0. The molecule has 0 amide bonds. The Morgan fingerprint density at radius 1 is 0.373 bits per heavy atom. The van der Waals surface area contributed by atoms with E-state index in [0.29, 0.717) is 0 Å². The van der Waals surface area contributed by atoms with Crippen LogP contribution in [-0.4, -0.2) is 14.9 Å². The predicted molar refractivity (Wildman–Crippen MR) is 286 cm³/mol. The Bertz CT molecular complexity index is 1830. The van der Waals surface area contributed by atoms with Gasteiger partial charge >= 0.3 is 0 Å². The summed E-state index contributed by atoms with van der Waals surface area (Å²) in [6.07, 6.45) is 28.2. The van der Waals surface area contributed by atoms with Crippen LogP contribution in [0.15, 0.2) is 96.1 Å². The minimum atomic E-state index is 0. The minimum Gasteiger partial charge on any atom is -0.493 e. The van der Waals surface area contributed by atoms with Gasteiger partial charge in [-0.2, -0.15) is 0 Å². The van der Waals surface area contributed by atoms with Crippen molar-refractivity contribution >= 4 is 11.4 Å². The van der Waals surface area contributed by atoms with E-state index in [4.69, 9.17) is 10.2 Å². The summed E-state index contributed by atoms with van der Waals surface area (Å²) in [6, 6.07) is 29.1. The van der Waals surface area contributed by atoms with Crippen molar-refractivity contribution in [2.75, 3.05) is 0 Å². The normalized spacial score (nSPS) is 12.2. The van der Waals surface area contributed by atoms with Gasteiger partial charge in [-0.15, -0.1) is 0 Å². The summed E-state index contributed by atoms with van der Waals surface area (Å²) in [7, 11) is 0. The summed E-state index contributed by atoms with van der Waals surface area (Å²) in [5.74, 6) is 0. The van der Waals surface area contributed by atoms with E-state index in [2.05, 4.69) is 79.7 Å². The van der Waals surface area contributed by atoms with Crippen molar-refractivity contribution < 1.29 is 31.4 Å². The molecular weight excluding hydrogens is 863 g/mol. The van der Waals surface area contributed by atoms with E-state index in [1.165, 1.54) is 134 Å². The van der Waals surface area contributed by atoms with Gasteiger partial charge in [0.25, 0.3) is 0 Å². The quantitative estimate of drug-likeness (QED) is 0.0440. The molecule has 0 saturated heterocycles. The van der Waals surface area contributed by atoms with Gasteiger partial charge in [0.05, 0.1) is 13.2 Å². The number of benzene rings is 4. The molecule has 0 saturated carbocycles. The molecule has 5 heteroatoms. The van der Waals surface area contributed by atoms with Gasteiger partial charge in [0.15, 0.2) is 0 Å². The Morgan fingerprint density at radius 3 is 0.866 bits per heavy atom. The van der Waals surface area contributed by atoms with E-state index in [-0.39, 0.29) is 29.7 Å². The van der Waals surface area contributed by atoms with Crippen LogP contribution in [0.4, 0.5) is 0 Å². The van der Waals surface area contributed by atoms with E-state index in [0.717, 1.165) is 86.7 Å². The number of allylic oxidation sites excluding steroid dienone is 2. The number of nitrogens with zero attached hydrogens (tertiary/aromatic N) is 2. The van der Waals surface area contributed by atoms with Gasteiger partial charge in [0.2, 0.25) is 11.4 Å². The fourth-order valence-corrected chi connectivity index (χ4v) is 9.24. The number of aryl methyl sites for hydroxylation is 4. The second kappa shape index (κ2) is 35.5. The molecule has 5 rings (SSSR count). The Labute approximate surface area is 420 Å². The maximum absolute atomic E-state index is 12.7. The molecule has 0 spiro atoms. The molecule has 4 aromatic carbocycles. The number of hydrogen-bond acceptors (Lipinski definition) is 2. The van der Waals surface area contributed by atoms with Gasteiger partial charge in [-0.05, 0) is 172 Å². The van der Waals surface area contributed by atoms with Gasteiger partial charge in [-0.1, -0.05) is 167 Å². The predicted octanol–water partition coefficient (Wildman–Crippen LogP) is 17.6. The Morgan fingerprint density at radius 2 is 0.627 bits per heavy atom. The SMILES string of the molecule is CCCCC1=C(c2cc(CCCC)c(CCCC)c(CCCC)c2)[N+](=[N-])C(c2cc(CCCC)c(CCCC)c(CCCC)c2)=C1CCCC.OCc1ccccc1.OCc1ccccc1.[Ni]. The molecule has 1 heterocycles. The van der Waals surface area contributed by atoms with Crippen molar-refractivity contribution in [3.05, 3.63) is 157 Å². The van der Waals surface area contributed by atoms with Crippen molar-refractivity contribution in [2.24, 2.45) is 0 Å². The number of aliphatic hydroxyl groups is 2. The zero-order valence-corrected chi connectivity index (χ0v) is 44.6. The van der Waals surface area contributed by atoms with Crippen LogP contribution >= 0.6 is 0 Å². The third-order valence-corrected chi connectivity index (χ3v) is 13.1. The molecule has 2 N–H and O–H groups in total. The van der Waals surface area contributed by atoms with Crippen molar-refractivity contribution in [1.82, 2.24) is 0 Å². The topological polar surface area (TPSA) is 65.8 Å². The van der Waals surface area contributed by atoms with Crippen LogP contribution in [0, 0.1) is 0 Å². The molecule has 4 nitrogen and oxygen atoms in total. The van der Waals surface area contributed by atoms with Crippen molar-refractivity contribution in [3.8, 4) is 0 Å². The van der Waals surface area contributed by atoms with Gasteiger partial charge < -0.3 is 15.7 Å². The van der Waals surface area contributed by atoms with E-state index in [1.54, 1.807) is 15.8 Å². The van der Waals surface area contributed by atoms with E-state index in [9.17, 15) is 5.53 Å². The average Bonchev–Trinajstić information content (AvgIpc) is 3.64. The molecule has 67 heavy (non-hydrogen) atoms. The van der Waals surface area contributed by atoms with Crippen LogP contribution in [0.25, 0.3) is 16.9 Å². The second-order valence-electron chi connectivity index (χ2n) is 18.6. The molecule has 1 aliphatic heterocycles. The smallest absolute Gasteiger partial charge is 0.211 e. The minimum absolute atomic E-state index is 0. The fraction of sp³-hybridized carbons (Fsp3) is 0.548. The fourth-order valence-electron chi connectivity index (χ4n) is 9.24. The van der Waals surface area contributed by atoms with Crippen LogP contribution in [0.3, 0.4) is 0 Å². The summed E-state index contributed by atoms with van der Waals surface area (Å²) >= 11 is 0. The molecule has 0 atom stereocenters. The second-order valence-corrected chi connectivity index (χ2v) is 18.6. The van der Waals surface area contributed by atoms with Crippen LogP contribution < -0.4 is 0 Å². The Kier molecular flexibility index (Phi) is 31.5. The molecule has 0 aromatic heterocycles. The van der Waals surface area contributed by atoms with E-state index < -0.39 is 0 Å². The first kappa shape index (κ1) is 59.5. The van der Waals surface area contributed by atoms with Gasteiger partial charge in [-0.3, -0.25) is 0 Å². The molecule has 0 unspecified atom stereocenters. The summed E-state index contributed by atoms with van der Waals surface area (Å²) in [6.45, 7) is 18.8. The first-order chi connectivity index (χ1) is 32.3. The summed E-state index contributed by atoms with van der Waals surface area (Å²) < 4.78 is 1.69. The van der Waals surface area contributed by atoms with Crippen LogP contribution in [0.5, 0.6) is 0 Å². The van der Waals surface area contributed by atoms with Gasteiger partial charge in [0.1, 0.15) is 0 Å². The molecular formula is C62H92N2NiO2. The zero-order valence-electron chi connectivity index (χ0n) is 43.6. The Balaban J connectivity index is 0.000000755. The maximum Gasteiger partial charge on any atom is 0.211 e. The third kappa shape index (κ3) is 19.4. The van der Waals surface area contributed by atoms with Crippen LogP contribution in [-0.2, 0) is 68.2 Å². The van der Waals surface area contributed by atoms with Crippen molar-refractivity contribution in [2.45, 2.75) is 223 Å². The first-order valence-corrected chi connectivity index (χ1v) is 26.9. The molecule has 0 radical (unpaired) electrons. The number of rotatable bonds is 28. The van der Waals surface area contributed by atoms with Gasteiger partial charge in [-0.25, -0.2) is 4.70 Å². The monoisotopic (exact) mass is 955 g/mol. The molecule has 0 aliphatic carbocycles. The van der Waals surface area contributed by atoms with Crippen molar-refractivity contribution in [3.63, 3.8) is 0 Å². The summed E-state index contributed by atoms with van der Waals surface area (Å²) in [5, 5.41) is 17.1. The molecule has 0 bridgehead atoms. The van der Waals surface area contributed by atoms with Crippen LogP contribution in [0.1, 0.15) is 227 Å². The first-order valence-electron chi connectivity index (χ1n) is 26.9. The molecule has 4 aromatic rings. The number of hydrogen-bond donors (Lipinski definition) is 2. The third-order valence-electron chi connectivity index (χ3n) is 13.1.